The van der Waals surface area contributed by atoms with E-state index in [1.165, 1.54) is 32.1 Å². The van der Waals surface area contributed by atoms with Crippen molar-refractivity contribution < 1.29 is 9.26 Å². The summed E-state index contributed by atoms with van der Waals surface area (Å²) in [6.45, 7) is 3.32. The maximum absolute atomic E-state index is 6.13. The monoisotopic (exact) mass is 293 g/mol. The predicted octanol–water partition coefficient (Wildman–Crippen LogP) is 3.04. The topological polar surface area (TPSA) is 74.2 Å². The van der Waals surface area contributed by atoms with Crippen LogP contribution in [0, 0.1) is 0 Å². The molecular weight excluding hydrogens is 266 g/mol. The van der Waals surface area contributed by atoms with Gasteiger partial charge in [0.05, 0.1) is 5.41 Å². The molecule has 1 aromatic rings. The Balaban J connectivity index is 1.88. The van der Waals surface area contributed by atoms with E-state index in [4.69, 9.17) is 20.0 Å². The molecule has 0 aliphatic heterocycles. The van der Waals surface area contributed by atoms with Crippen LogP contribution in [0.15, 0.2) is 4.52 Å². The standard InChI is InChI=1S/C16H27N3O2/c1-2-20-16(10-5-3-4-6-11-16)13-18-14(21-19-13)15(12-17)8-7-9-15/h2-12,17H2,1H3. The minimum atomic E-state index is -0.341. The first-order valence-corrected chi connectivity index (χ1v) is 8.43. The third kappa shape index (κ3) is 2.61. The van der Waals surface area contributed by atoms with Gasteiger partial charge in [0, 0.05) is 13.2 Å². The fraction of sp³-hybridized carbons (Fsp3) is 0.875. The second kappa shape index (κ2) is 6.05. The van der Waals surface area contributed by atoms with Crippen LogP contribution in [-0.4, -0.2) is 23.3 Å². The van der Waals surface area contributed by atoms with Gasteiger partial charge in [-0.15, -0.1) is 0 Å². The predicted molar refractivity (Wildman–Crippen MR) is 79.9 cm³/mol. The molecule has 0 atom stereocenters. The van der Waals surface area contributed by atoms with Crippen LogP contribution in [0.1, 0.15) is 76.4 Å². The number of aromatic nitrogens is 2. The summed E-state index contributed by atoms with van der Waals surface area (Å²) < 4.78 is 11.7. The van der Waals surface area contributed by atoms with Crippen LogP contribution in [0.2, 0.25) is 0 Å². The highest BCUT2D eigenvalue weighted by atomic mass is 16.5. The summed E-state index contributed by atoms with van der Waals surface area (Å²) in [5, 5.41) is 4.30. The molecule has 5 nitrogen and oxygen atoms in total. The Morgan fingerprint density at radius 2 is 1.81 bits per heavy atom. The van der Waals surface area contributed by atoms with E-state index in [0.717, 1.165) is 37.4 Å². The fourth-order valence-corrected chi connectivity index (χ4v) is 3.74. The van der Waals surface area contributed by atoms with E-state index in [2.05, 4.69) is 5.16 Å². The zero-order chi connectivity index (χ0) is 14.8. The van der Waals surface area contributed by atoms with Crippen molar-refractivity contribution >= 4 is 0 Å². The second-order valence-electron chi connectivity index (χ2n) is 6.60. The van der Waals surface area contributed by atoms with E-state index >= 15 is 0 Å². The lowest BCUT2D eigenvalue weighted by molar-refractivity contribution is -0.0636. The van der Waals surface area contributed by atoms with Crippen molar-refractivity contribution in [3.05, 3.63) is 11.7 Å². The SMILES string of the molecule is CCOC1(c2noc(C3(CN)CCC3)n2)CCCCCC1. The van der Waals surface area contributed by atoms with Gasteiger partial charge in [0.1, 0.15) is 5.60 Å². The molecule has 0 radical (unpaired) electrons. The Bertz CT molecular complexity index is 454. The Morgan fingerprint density at radius 3 is 2.33 bits per heavy atom. The highest BCUT2D eigenvalue weighted by molar-refractivity contribution is 5.14. The van der Waals surface area contributed by atoms with E-state index in [1.54, 1.807) is 0 Å². The van der Waals surface area contributed by atoms with Crippen molar-refractivity contribution in [1.82, 2.24) is 10.1 Å². The second-order valence-corrected chi connectivity index (χ2v) is 6.60. The highest BCUT2D eigenvalue weighted by Gasteiger charge is 2.45. The van der Waals surface area contributed by atoms with E-state index in [0.29, 0.717) is 13.2 Å². The Hall–Kier alpha value is -0.940. The van der Waals surface area contributed by atoms with Crippen molar-refractivity contribution in [2.45, 2.75) is 75.7 Å². The molecule has 2 aliphatic carbocycles. The highest BCUT2D eigenvalue weighted by Crippen LogP contribution is 2.44. The van der Waals surface area contributed by atoms with Gasteiger partial charge in [-0.05, 0) is 32.6 Å². The first-order chi connectivity index (χ1) is 10.2. The molecule has 2 aliphatic rings. The lowest BCUT2D eigenvalue weighted by atomic mass is 9.68. The summed E-state index contributed by atoms with van der Waals surface area (Å²) >= 11 is 0. The van der Waals surface area contributed by atoms with Crippen LogP contribution < -0.4 is 5.73 Å². The van der Waals surface area contributed by atoms with Crippen molar-refractivity contribution in [2.75, 3.05) is 13.2 Å². The fourth-order valence-electron chi connectivity index (χ4n) is 3.74. The summed E-state index contributed by atoms with van der Waals surface area (Å²) in [4.78, 5) is 4.75. The summed E-state index contributed by atoms with van der Waals surface area (Å²) in [5.41, 5.74) is 5.54. The van der Waals surface area contributed by atoms with Gasteiger partial charge in [-0.2, -0.15) is 4.98 Å². The molecule has 1 heterocycles. The van der Waals surface area contributed by atoms with Gasteiger partial charge in [0.2, 0.25) is 11.7 Å². The third-order valence-electron chi connectivity index (χ3n) is 5.32. The van der Waals surface area contributed by atoms with Gasteiger partial charge >= 0.3 is 0 Å². The third-order valence-corrected chi connectivity index (χ3v) is 5.32. The van der Waals surface area contributed by atoms with Gasteiger partial charge in [0.25, 0.3) is 0 Å². The smallest absolute Gasteiger partial charge is 0.234 e. The largest absolute Gasteiger partial charge is 0.367 e. The molecule has 2 N–H and O–H groups in total. The van der Waals surface area contributed by atoms with Crippen LogP contribution >= 0.6 is 0 Å². The molecule has 3 rings (SSSR count). The minimum Gasteiger partial charge on any atom is -0.367 e. The van der Waals surface area contributed by atoms with Gasteiger partial charge in [0.15, 0.2) is 0 Å². The maximum atomic E-state index is 6.13. The van der Waals surface area contributed by atoms with Gasteiger partial charge in [-0.1, -0.05) is 37.3 Å². The molecule has 5 heteroatoms. The molecule has 0 unspecified atom stereocenters. The molecular formula is C16H27N3O2. The number of nitrogens with two attached hydrogens (primary N) is 1. The summed E-state index contributed by atoms with van der Waals surface area (Å²) in [6, 6.07) is 0. The van der Waals surface area contributed by atoms with E-state index in [-0.39, 0.29) is 11.0 Å². The Morgan fingerprint density at radius 1 is 1.10 bits per heavy atom. The normalized spacial score (nSPS) is 24.3. The molecule has 21 heavy (non-hydrogen) atoms. The molecule has 0 bridgehead atoms. The first kappa shape index (κ1) is 15.0. The quantitative estimate of drug-likeness (QED) is 0.845. The van der Waals surface area contributed by atoms with Crippen LogP contribution in [-0.2, 0) is 15.8 Å². The van der Waals surface area contributed by atoms with Crippen molar-refractivity contribution in [2.24, 2.45) is 5.73 Å². The molecule has 0 aromatic carbocycles. The zero-order valence-corrected chi connectivity index (χ0v) is 13.1. The molecule has 118 valence electrons. The number of rotatable bonds is 5. The van der Waals surface area contributed by atoms with Crippen LogP contribution in [0.5, 0.6) is 0 Å². The van der Waals surface area contributed by atoms with Crippen molar-refractivity contribution in [3.8, 4) is 0 Å². The van der Waals surface area contributed by atoms with Gasteiger partial charge in [-0.3, -0.25) is 0 Å². The van der Waals surface area contributed by atoms with E-state index < -0.39 is 0 Å². The van der Waals surface area contributed by atoms with Crippen molar-refractivity contribution in [3.63, 3.8) is 0 Å². The van der Waals surface area contributed by atoms with E-state index in [1.807, 2.05) is 6.92 Å². The van der Waals surface area contributed by atoms with Crippen LogP contribution in [0.25, 0.3) is 0 Å². The molecule has 0 spiro atoms. The van der Waals surface area contributed by atoms with Gasteiger partial charge in [-0.25, -0.2) is 0 Å². The number of hydrogen-bond acceptors (Lipinski definition) is 5. The summed E-state index contributed by atoms with van der Waals surface area (Å²) in [6.07, 6.45) is 10.2. The molecule has 0 saturated heterocycles. The molecule has 2 fully saturated rings. The van der Waals surface area contributed by atoms with Gasteiger partial charge < -0.3 is 15.0 Å². The van der Waals surface area contributed by atoms with E-state index in [9.17, 15) is 0 Å². The summed E-state index contributed by atoms with van der Waals surface area (Å²) in [7, 11) is 0. The molecule has 0 amide bonds. The number of nitrogens with zero attached hydrogens (tertiary/aromatic N) is 2. The minimum absolute atomic E-state index is 0.0661. The lowest BCUT2D eigenvalue weighted by Gasteiger charge is -2.37. The maximum Gasteiger partial charge on any atom is 0.234 e. The summed E-state index contributed by atoms with van der Waals surface area (Å²) in [5.74, 6) is 1.48. The average molecular weight is 293 g/mol. The first-order valence-electron chi connectivity index (χ1n) is 8.43. The van der Waals surface area contributed by atoms with Crippen LogP contribution in [0.3, 0.4) is 0 Å². The Labute approximate surface area is 126 Å². The average Bonchev–Trinajstić information content (AvgIpc) is 2.81. The Kier molecular flexibility index (Phi) is 4.31. The molecule has 2 saturated carbocycles. The molecule has 1 aromatic heterocycles. The van der Waals surface area contributed by atoms with Crippen LogP contribution in [0.4, 0.5) is 0 Å². The number of hydrogen-bond donors (Lipinski definition) is 1. The zero-order valence-electron chi connectivity index (χ0n) is 13.1. The number of ether oxygens (including phenoxy) is 1. The van der Waals surface area contributed by atoms with Crippen molar-refractivity contribution in [1.29, 1.82) is 0 Å². The lowest BCUT2D eigenvalue weighted by Crippen LogP contribution is -2.42.